The molecule has 1 fully saturated rings. The van der Waals surface area contributed by atoms with Crippen molar-refractivity contribution in [1.29, 1.82) is 0 Å². The minimum atomic E-state index is 0.668. The maximum Gasteiger partial charge on any atom is 0.0589 e. The van der Waals surface area contributed by atoms with Crippen LogP contribution in [0.15, 0.2) is 12.2 Å². The Balaban J connectivity index is 2.29. The summed E-state index contributed by atoms with van der Waals surface area (Å²) in [5.41, 5.74) is 1.23. The average Bonchev–Trinajstić information content (AvgIpc) is 2.66. The van der Waals surface area contributed by atoms with Gasteiger partial charge in [-0.3, -0.25) is 4.90 Å². The van der Waals surface area contributed by atoms with Crippen LogP contribution >= 0.6 is 0 Å². The predicted molar refractivity (Wildman–Crippen MR) is 64.2 cm³/mol. The Morgan fingerprint density at radius 1 is 1.60 bits per heavy atom. The van der Waals surface area contributed by atoms with Crippen molar-refractivity contribution in [1.82, 2.24) is 10.2 Å². The molecule has 0 aromatic rings. The highest BCUT2D eigenvalue weighted by Crippen LogP contribution is 2.07. The van der Waals surface area contributed by atoms with Gasteiger partial charge in [-0.2, -0.15) is 0 Å². The molecule has 0 aliphatic carbocycles. The van der Waals surface area contributed by atoms with E-state index in [1.54, 1.807) is 7.11 Å². The van der Waals surface area contributed by atoms with Gasteiger partial charge in [0.1, 0.15) is 0 Å². The number of ether oxygens (including phenoxy) is 1. The molecule has 3 heteroatoms. The number of hydrogen-bond donors (Lipinski definition) is 1. The third-order valence-electron chi connectivity index (χ3n) is 2.75. The molecule has 1 heterocycles. The molecule has 15 heavy (non-hydrogen) atoms. The number of rotatable bonds is 7. The first kappa shape index (κ1) is 12.7. The molecule has 0 aromatic carbocycles. The molecule has 1 aliphatic heterocycles. The first-order valence-electron chi connectivity index (χ1n) is 5.81. The molecular weight excluding hydrogens is 188 g/mol. The predicted octanol–water partition coefficient (Wildman–Crippen LogP) is 1.26. The van der Waals surface area contributed by atoms with Crippen molar-refractivity contribution in [3.63, 3.8) is 0 Å². The summed E-state index contributed by atoms with van der Waals surface area (Å²) in [4.78, 5) is 2.43. The van der Waals surface area contributed by atoms with Gasteiger partial charge in [-0.25, -0.2) is 0 Å². The van der Waals surface area contributed by atoms with Crippen molar-refractivity contribution in [3.05, 3.63) is 12.2 Å². The molecule has 0 radical (unpaired) electrons. The van der Waals surface area contributed by atoms with Crippen LogP contribution in [0.4, 0.5) is 0 Å². The third-order valence-corrected chi connectivity index (χ3v) is 2.75. The molecule has 0 saturated carbocycles. The van der Waals surface area contributed by atoms with Crippen LogP contribution < -0.4 is 5.32 Å². The Hall–Kier alpha value is -0.380. The van der Waals surface area contributed by atoms with Crippen molar-refractivity contribution >= 4 is 0 Å². The van der Waals surface area contributed by atoms with E-state index in [4.69, 9.17) is 4.74 Å². The minimum Gasteiger partial charge on any atom is -0.383 e. The molecule has 0 aromatic heterocycles. The monoisotopic (exact) mass is 212 g/mol. The SMILES string of the molecule is C=C(C)CN(CCOC)CC1CCCN1. The fraction of sp³-hybridized carbons (Fsp3) is 0.833. The molecular formula is C12H24N2O. The van der Waals surface area contributed by atoms with Crippen LogP contribution in [0.3, 0.4) is 0 Å². The Labute approximate surface area is 93.5 Å². The highest BCUT2D eigenvalue weighted by Gasteiger charge is 2.17. The Kier molecular flexibility index (Phi) is 5.91. The van der Waals surface area contributed by atoms with Crippen LogP contribution in [0.5, 0.6) is 0 Å². The second-order valence-corrected chi connectivity index (χ2v) is 4.48. The highest BCUT2D eigenvalue weighted by molar-refractivity contribution is 4.93. The van der Waals surface area contributed by atoms with Gasteiger partial charge in [-0.05, 0) is 26.3 Å². The van der Waals surface area contributed by atoms with Gasteiger partial charge >= 0.3 is 0 Å². The topological polar surface area (TPSA) is 24.5 Å². The highest BCUT2D eigenvalue weighted by atomic mass is 16.5. The fourth-order valence-corrected chi connectivity index (χ4v) is 2.06. The minimum absolute atomic E-state index is 0.668. The number of nitrogens with one attached hydrogen (secondary N) is 1. The van der Waals surface area contributed by atoms with Crippen LogP contribution in [0.2, 0.25) is 0 Å². The lowest BCUT2D eigenvalue weighted by Gasteiger charge is -2.25. The van der Waals surface area contributed by atoms with Crippen molar-refractivity contribution in [2.75, 3.05) is 39.9 Å². The summed E-state index contributed by atoms with van der Waals surface area (Å²) < 4.78 is 5.13. The van der Waals surface area contributed by atoms with E-state index in [1.165, 1.54) is 25.0 Å². The van der Waals surface area contributed by atoms with Crippen LogP contribution in [-0.4, -0.2) is 50.8 Å². The maximum absolute atomic E-state index is 5.13. The molecule has 88 valence electrons. The zero-order valence-corrected chi connectivity index (χ0v) is 10.1. The van der Waals surface area contributed by atoms with E-state index in [-0.39, 0.29) is 0 Å². The van der Waals surface area contributed by atoms with Crippen molar-refractivity contribution in [2.45, 2.75) is 25.8 Å². The largest absolute Gasteiger partial charge is 0.383 e. The van der Waals surface area contributed by atoms with Gasteiger partial charge in [0.2, 0.25) is 0 Å². The molecule has 1 atom stereocenters. The average molecular weight is 212 g/mol. The van der Waals surface area contributed by atoms with E-state index in [0.717, 1.165) is 26.2 Å². The van der Waals surface area contributed by atoms with Crippen molar-refractivity contribution < 1.29 is 4.74 Å². The molecule has 1 N–H and O–H groups in total. The molecule has 0 bridgehead atoms. The van der Waals surface area contributed by atoms with E-state index in [2.05, 4.69) is 23.7 Å². The van der Waals surface area contributed by atoms with E-state index in [1.807, 2.05) is 0 Å². The molecule has 1 unspecified atom stereocenters. The van der Waals surface area contributed by atoms with Crippen molar-refractivity contribution in [3.8, 4) is 0 Å². The van der Waals surface area contributed by atoms with Gasteiger partial charge in [0.05, 0.1) is 6.61 Å². The first-order chi connectivity index (χ1) is 7.22. The summed E-state index contributed by atoms with van der Waals surface area (Å²) >= 11 is 0. The van der Waals surface area contributed by atoms with Gasteiger partial charge in [-0.15, -0.1) is 0 Å². The molecule has 1 aliphatic rings. The normalized spacial score (nSPS) is 21.1. The van der Waals surface area contributed by atoms with Gasteiger partial charge in [0, 0.05) is 32.8 Å². The lowest BCUT2D eigenvalue weighted by Crippen LogP contribution is -2.39. The lowest BCUT2D eigenvalue weighted by molar-refractivity contribution is 0.148. The standard InChI is InChI=1S/C12H24N2O/c1-11(2)9-14(7-8-15-3)10-12-5-4-6-13-12/h12-13H,1,4-10H2,2-3H3. The number of hydrogen-bond acceptors (Lipinski definition) is 3. The van der Waals surface area contributed by atoms with Gasteiger partial charge < -0.3 is 10.1 Å². The Morgan fingerprint density at radius 2 is 2.40 bits per heavy atom. The van der Waals surface area contributed by atoms with Crippen LogP contribution in [0.1, 0.15) is 19.8 Å². The van der Waals surface area contributed by atoms with E-state index in [9.17, 15) is 0 Å². The van der Waals surface area contributed by atoms with Crippen LogP contribution in [0.25, 0.3) is 0 Å². The summed E-state index contributed by atoms with van der Waals surface area (Å²) in [5, 5.41) is 3.52. The summed E-state index contributed by atoms with van der Waals surface area (Å²) in [6.45, 7) is 11.2. The van der Waals surface area contributed by atoms with Crippen LogP contribution in [0, 0.1) is 0 Å². The zero-order valence-electron chi connectivity index (χ0n) is 10.1. The smallest absolute Gasteiger partial charge is 0.0589 e. The lowest BCUT2D eigenvalue weighted by atomic mass is 10.2. The number of nitrogens with zero attached hydrogens (tertiary/aromatic N) is 1. The van der Waals surface area contributed by atoms with E-state index in [0.29, 0.717) is 6.04 Å². The summed E-state index contributed by atoms with van der Waals surface area (Å²) in [6, 6.07) is 0.668. The first-order valence-corrected chi connectivity index (χ1v) is 5.81. The fourth-order valence-electron chi connectivity index (χ4n) is 2.06. The van der Waals surface area contributed by atoms with Crippen molar-refractivity contribution in [2.24, 2.45) is 0 Å². The Morgan fingerprint density at radius 3 is 2.93 bits per heavy atom. The molecule has 1 rings (SSSR count). The van der Waals surface area contributed by atoms with E-state index >= 15 is 0 Å². The second-order valence-electron chi connectivity index (χ2n) is 4.48. The quantitative estimate of drug-likeness (QED) is 0.643. The summed E-state index contributed by atoms with van der Waals surface area (Å²) in [6.07, 6.45) is 2.62. The Bertz CT molecular complexity index is 188. The third kappa shape index (κ3) is 5.30. The van der Waals surface area contributed by atoms with E-state index < -0.39 is 0 Å². The maximum atomic E-state index is 5.13. The molecule has 1 saturated heterocycles. The zero-order chi connectivity index (χ0) is 11.1. The molecule has 3 nitrogen and oxygen atoms in total. The van der Waals surface area contributed by atoms with Gasteiger partial charge in [0.15, 0.2) is 0 Å². The molecule has 0 amide bonds. The van der Waals surface area contributed by atoms with Crippen LogP contribution in [-0.2, 0) is 4.74 Å². The number of methoxy groups -OCH3 is 1. The second kappa shape index (κ2) is 6.99. The summed E-state index contributed by atoms with van der Waals surface area (Å²) in [7, 11) is 1.76. The van der Waals surface area contributed by atoms with Gasteiger partial charge in [0.25, 0.3) is 0 Å². The van der Waals surface area contributed by atoms with Gasteiger partial charge in [-0.1, -0.05) is 12.2 Å². The molecule has 0 spiro atoms. The summed E-state index contributed by atoms with van der Waals surface area (Å²) in [5.74, 6) is 0.